The molecule has 138 valence electrons. The number of hydrogen-bond acceptors (Lipinski definition) is 6. The van der Waals surface area contributed by atoms with E-state index in [1.165, 1.54) is 4.31 Å². The lowest BCUT2D eigenvalue weighted by Crippen LogP contribution is -2.41. The summed E-state index contributed by atoms with van der Waals surface area (Å²) in [7, 11) is 2.33. The number of guanidine groups is 1. The summed E-state index contributed by atoms with van der Waals surface area (Å²) >= 11 is 1.58. The molecule has 0 aromatic carbocycles. The van der Waals surface area contributed by atoms with E-state index in [4.69, 9.17) is 0 Å². The summed E-state index contributed by atoms with van der Waals surface area (Å²) in [4.78, 5) is 10.5. The third-order valence-electron chi connectivity index (χ3n) is 3.33. The Morgan fingerprint density at radius 2 is 1.96 bits per heavy atom. The summed E-state index contributed by atoms with van der Waals surface area (Å²) < 4.78 is 25.7. The maximum atomic E-state index is 12.1. The Morgan fingerprint density at radius 1 is 1.29 bits per heavy atom. The van der Waals surface area contributed by atoms with E-state index < -0.39 is 10.0 Å². The highest BCUT2D eigenvalue weighted by atomic mass is 32.2. The van der Waals surface area contributed by atoms with Gasteiger partial charge in [-0.25, -0.2) is 17.7 Å². The molecule has 0 atom stereocenters. The second kappa shape index (κ2) is 9.80. The third kappa shape index (κ3) is 6.25. The van der Waals surface area contributed by atoms with E-state index in [9.17, 15) is 8.42 Å². The van der Waals surface area contributed by atoms with Crippen LogP contribution in [0, 0.1) is 0 Å². The van der Waals surface area contributed by atoms with Crippen LogP contribution in [-0.2, 0) is 16.6 Å². The van der Waals surface area contributed by atoms with Crippen LogP contribution in [0.4, 0.5) is 5.13 Å². The molecule has 0 bridgehead atoms. The van der Waals surface area contributed by atoms with Crippen LogP contribution < -0.4 is 15.5 Å². The molecule has 0 spiro atoms. The van der Waals surface area contributed by atoms with Crippen molar-refractivity contribution in [2.24, 2.45) is 4.99 Å². The fourth-order valence-corrected chi connectivity index (χ4v) is 4.19. The van der Waals surface area contributed by atoms with Crippen molar-refractivity contribution < 1.29 is 8.42 Å². The van der Waals surface area contributed by atoms with Crippen LogP contribution in [0.2, 0.25) is 0 Å². The summed E-state index contributed by atoms with van der Waals surface area (Å²) in [6.07, 6.45) is 0. The summed E-state index contributed by atoms with van der Waals surface area (Å²) in [6.45, 7) is 5.49. The van der Waals surface area contributed by atoms with E-state index in [1.54, 1.807) is 18.4 Å². The minimum Gasteiger partial charge on any atom is -0.355 e. The Morgan fingerprint density at radius 3 is 2.46 bits per heavy atom. The van der Waals surface area contributed by atoms with Crippen molar-refractivity contribution >= 4 is 32.5 Å². The summed E-state index contributed by atoms with van der Waals surface area (Å²) in [5.74, 6) is 0.598. The number of anilines is 1. The van der Waals surface area contributed by atoms with Crippen molar-refractivity contribution in [3.8, 4) is 0 Å². The molecule has 24 heavy (non-hydrogen) atoms. The Balaban J connectivity index is 2.45. The van der Waals surface area contributed by atoms with Gasteiger partial charge in [0.25, 0.3) is 0 Å². The van der Waals surface area contributed by atoms with Crippen LogP contribution in [0.3, 0.4) is 0 Å². The van der Waals surface area contributed by atoms with Crippen molar-refractivity contribution in [1.82, 2.24) is 19.9 Å². The lowest BCUT2D eigenvalue weighted by Gasteiger charge is -2.19. The molecule has 0 aliphatic heterocycles. The summed E-state index contributed by atoms with van der Waals surface area (Å²) in [6, 6.07) is 0. The van der Waals surface area contributed by atoms with E-state index in [0.717, 1.165) is 10.8 Å². The number of rotatable bonds is 9. The molecule has 0 saturated heterocycles. The topological polar surface area (TPSA) is 89.9 Å². The first kappa shape index (κ1) is 20.7. The molecule has 2 N–H and O–H groups in total. The van der Waals surface area contributed by atoms with Gasteiger partial charge >= 0.3 is 0 Å². The van der Waals surface area contributed by atoms with Gasteiger partial charge in [-0.2, -0.15) is 0 Å². The van der Waals surface area contributed by atoms with Gasteiger partial charge in [-0.15, -0.1) is 11.3 Å². The molecular formula is C14H28N6O2S2. The number of hydrogen-bond donors (Lipinski definition) is 2. The Labute approximate surface area is 149 Å². The molecule has 0 radical (unpaired) electrons. The van der Waals surface area contributed by atoms with Crippen molar-refractivity contribution in [2.45, 2.75) is 20.4 Å². The number of aromatic nitrogens is 1. The minimum atomic E-state index is -3.23. The molecular weight excluding hydrogens is 348 g/mol. The zero-order valence-electron chi connectivity index (χ0n) is 15.0. The largest absolute Gasteiger partial charge is 0.355 e. The van der Waals surface area contributed by atoms with Gasteiger partial charge in [-0.05, 0) is 0 Å². The maximum absolute atomic E-state index is 12.1. The normalized spacial score (nSPS) is 12.5. The number of aliphatic imine (C=N–C) groups is 1. The smallest absolute Gasteiger partial charge is 0.215 e. The van der Waals surface area contributed by atoms with E-state index >= 15 is 0 Å². The van der Waals surface area contributed by atoms with Crippen LogP contribution >= 0.6 is 11.3 Å². The predicted molar refractivity (Wildman–Crippen MR) is 101 cm³/mol. The van der Waals surface area contributed by atoms with E-state index in [0.29, 0.717) is 32.1 Å². The standard InChI is InChI=1S/C14H28N6O2S2/c1-6-20(7-2)24(21,22)9-8-16-13(15-3)17-10-12-11-23-14(18-12)19(4)5/h11H,6-10H2,1-5H3,(H2,15,16,17). The van der Waals surface area contributed by atoms with Gasteiger partial charge in [0.2, 0.25) is 10.0 Å². The maximum Gasteiger partial charge on any atom is 0.215 e. The quantitative estimate of drug-likeness (QED) is 0.483. The molecule has 0 fully saturated rings. The predicted octanol–water partition coefficient (Wildman–Crippen LogP) is 0.546. The molecule has 10 heteroatoms. The highest BCUT2D eigenvalue weighted by Gasteiger charge is 2.18. The first-order valence-corrected chi connectivity index (χ1v) is 10.4. The molecule has 1 rings (SSSR count). The second-order valence-electron chi connectivity index (χ2n) is 5.27. The van der Waals surface area contributed by atoms with Gasteiger partial charge < -0.3 is 15.5 Å². The molecule has 1 aromatic rings. The molecule has 0 unspecified atom stereocenters. The molecule has 0 amide bonds. The zero-order chi connectivity index (χ0) is 18.2. The SMILES string of the molecule is CCN(CC)S(=O)(=O)CCNC(=NC)NCc1csc(N(C)C)n1. The first-order chi connectivity index (χ1) is 11.3. The number of thiazole rings is 1. The molecule has 1 heterocycles. The van der Waals surface area contributed by atoms with E-state index in [1.807, 2.05) is 38.2 Å². The summed E-state index contributed by atoms with van der Waals surface area (Å²) in [5.41, 5.74) is 0.919. The third-order valence-corrected chi connectivity index (χ3v) is 6.41. The monoisotopic (exact) mass is 376 g/mol. The van der Waals surface area contributed by atoms with Crippen molar-refractivity contribution in [2.75, 3.05) is 51.4 Å². The first-order valence-electron chi connectivity index (χ1n) is 7.88. The average molecular weight is 377 g/mol. The fraction of sp³-hybridized carbons (Fsp3) is 0.714. The highest BCUT2D eigenvalue weighted by Crippen LogP contribution is 2.17. The van der Waals surface area contributed by atoms with Crippen LogP contribution in [0.15, 0.2) is 10.4 Å². The molecule has 0 aliphatic rings. The average Bonchev–Trinajstić information content (AvgIpc) is 3.00. The number of nitrogens with one attached hydrogen (secondary N) is 2. The van der Waals surface area contributed by atoms with Gasteiger partial charge in [-0.3, -0.25) is 4.99 Å². The number of nitrogens with zero attached hydrogens (tertiary/aromatic N) is 4. The van der Waals surface area contributed by atoms with Crippen molar-refractivity contribution in [3.05, 3.63) is 11.1 Å². The minimum absolute atomic E-state index is 0.0386. The Kier molecular flexibility index (Phi) is 8.43. The lowest BCUT2D eigenvalue weighted by molar-refractivity contribution is 0.445. The van der Waals surface area contributed by atoms with Crippen LogP contribution in [0.1, 0.15) is 19.5 Å². The van der Waals surface area contributed by atoms with Crippen molar-refractivity contribution in [3.63, 3.8) is 0 Å². The summed E-state index contributed by atoms with van der Waals surface area (Å²) in [5, 5.41) is 9.10. The van der Waals surface area contributed by atoms with E-state index in [-0.39, 0.29) is 5.75 Å². The second-order valence-corrected chi connectivity index (χ2v) is 8.19. The van der Waals surface area contributed by atoms with Gasteiger partial charge in [0.15, 0.2) is 11.1 Å². The molecule has 8 nitrogen and oxygen atoms in total. The highest BCUT2D eigenvalue weighted by molar-refractivity contribution is 7.89. The van der Waals surface area contributed by atoms with Crippen molar-refractivity contribution in [1.29, 1.82) is 0 Å². The molecule has 0 aliphatic carbocycles. The fourth-order valence-electron chi connectivity index (χ4n) is 2.02. The van der Waals surface area contributed by atoms with E-state index in [2.05, 4.69) is 20.6 Å². The van der Waals surface area contributed by atoms with Crippen LogP contribution in [0.25, 0.3) is 0 Å². The Bertz CT molecular complexity index is 623. The van der Waals surface area contributed by atoms with Gasteiger partial charge in [0.1, 0.15) is 0 Å². The van der Waals surface area contributed by atoms with Crippen LogP contribution in [-0.4, -0.2) is 70.2 Å². The van der Waals surface area contributed by atoms with Gasteiger partial charge in [-0.1, -0.05) is 13.8 Å². The van der Waals surface area contributed by atoms with Crippen LogP contribution in [0.5, 0.6) is 0 Å². The lowest BCUT2D eigenvalue weighted by atomic mass is 10.5. The zero-order valence-corrected chi connectivity index (χ0v) is 16.7. The van der Waals surface area contributed by atoms with Gasteiger partial charge in [0, 0.05) is 46.2 Å². The van der Waals surface area contributed by atoms with Gasteiger partial charge in [0.05, 0.1) is 18.0 Å². The number of sulfonamides is 1. The Hall–Kier alpha value is -1.39. The molecule has 0 saturated carbocycles. The molecule has 1 aromatic heterocycles.